The number of rotatable bonds is 2. The standard InChI is InChI=1S/C15H17Cl2N3O2/c1-19(2)7-13(21)20-4-3-15(8-20)9-5-10(16)11(17)6-12(9)18-14(15)22/h5-6H,3-4,7-8H2,1-2H3,(H,18,22). The van der Waals surface area contributed by atoms with Gasteiger partial charge in [0.1, 0.15) is 0 Å². The zero-order chi connectivity index (χ0) is 16.1. The van der Waals surface area contributed by atoms with Gasteiger partial charge in [-0.1, -0.05) is 23.2 Å². The molecule has 0 radical (unpaired) electrons. The minimum absolute atomic E-state index is 0.0307. The highest BCUT2D eigenvalue weighted by molar-refractivity contribution is 6.42. The van der Waals surface area contributed by atoms with Crippen molar-refractivity contribution in [3.63, 3.8) is 0 Å². The van der Waals surface area contributed by atoms with Gasteiger partial charge in [0.05, 0.1) is 22.0 Å². The molecule has 5 nitrogen and oxygen atoms in total. The van der Waals surface area contributed by atoms with Gasteiger partial charge in [-0.15, -0.1) is 0 Å². The maximum absolute atomic E-state index is 12.5. The van der Waals surface area contributed by atoms with Crippen molar-refractivity contribution in [2.75, 3.05) is 39.0 Å². The number of carbonyl (C=O) groups is 2. The molecule has 0 aliphatic carbocycles. The van der Waals surface area contributed by atoms with Crippen LogP contribution in [-0.2, 0) is 15.0 Å². The van der Waals surface area contributed by atoms with Crippen LogP contribution in [0.15, 0.2) is 12.1 Å². The van der Waals surface area contributed by atoms with Gasteiger partial charge in [0, 0.05) is 18.8 Å². The van der Waals surface area contributed by atoms with Crippen LogP contribution in [0.4, 0.5) is 5.69 Å². The number of likely N-dealkylation sites (N-methyl/N-ethyl adjacent to an activating group) is 1. The van der Waals surface area contributed by atoms with Crippen LogP contribution >= 0.6 is 23.2 Å². The first-order valence-electron chi connectivity index (χ1n) is 7.07. The van der Waals surface area contributed by atoms with E-state index in [-0.39, 0.29) is 11.8 Å². The predicted molar refractivity (Wildman–Crippen MR) is 86.5 cm³/mol. The summed E-state index contributed by atoms with van der Waals surface area (Å²) in [4.78, 5) is 28.3. The van der Waals surface area contributed by atoms with Gasteiger partial charge in [-0.3, -0.25) is 9.59 Å². The van der Waals surface area contributed by atoms with E-state index in [0.29, 0.717) is 41.8 Å². The van der Waals surface area contributed by atoms with Gasteiger partial charge in [0.15, 0.2) is 0 Å². The van der Waals surface area contributed by atoms with E-state index < -0.39 is 5.41 Å². The summed E-state index contributed by atoms with van der Waals surface area (Å²) < 4.78 is 0. The molecule has 1 aromatic rings. The first-order valence-corrected chi connectivity index (χ1v) is 7.82. The molecule has 22 heavy (non-hydrogen) atoms. The maximum Gasteiger partial charge on any atom is 0.237 e. The van der Waals surface area contributed by atoms with E-state index in [0.717, 1.165) is 5.56 Å². The lowest BCUT2D eigenvalue weighted by molar-refractivity contribution is -0.131. The molecule has 1 saturated heterocycles. The van der Waals surface area contributed by atoms with E-state index in [9.17, 15) is 9.59 Å². The summed E-state index contributed by atoms with van der Waals surface area (Å²) in [6.07, 6.45) is 0.600. The fourth-order valence-corrected chi connectivity index (χ4v) is 3.54. The molecule has 1 spiro atoms. The Morgan fingerprint density at radius 3 is 2.73 bits per heavy atom. The summed E-state index contributed by atoms with van der Waals surface area (Å²) in [6, 6.07) is 3.42. The average Bonchev–Trinajstić information content (AvgIpc) is 2.97. The molecule has 7 heteroatoms. The lowest BCUT2D eigenvalue weighted by Gasteiger charge is -2.23. The monoisotopic (exact) mass is 341 g/mol. The molecule has 3 rings (SSSR count). The molecule has 1 atom stereocenters. The minimum Gasteiger partial charge on any atom is -0.340 e. The average molecular weight is 342 g/mol. The third-order valence-electron chi connectivity index (χ3n) is 4.33. The van der Waals surface area contributed by atoms with Gasteiger partial charge in [0.25, 0.3) is 0 Å². The highest BCUT2D eigenvalue weighted by Gasteiger charge is 2.52. The second kappa shape index (κ2) is 5.41. The SMILES string of the molecule is CN(C)CC(=O)N1CCC2(C1)C(=O)Nc1cc(Cl)c(Cl)cc12. The molecule has 1 unspecified atom stereocenters. The molecule has 0 bridgehead atoms. The van der Waals surface area contributed by atoms with Gasteiger partial charge >= 0.3 is 0 Å². The Hall–Kier alpha value is -1.30. The Balaban J connectivity index is 1.92. The normalized spacial score (nSPS) is 23.3. The fourth-order valence-electron chi connectivity index (χ4n) is 3.21. The summed E-state index contributed by atoms with van der Waals surface area (Å²) in [5.74, 6) is -0.0517. The number of amides is 2. The third-order valence-corrected chi connectivity index (χ3v) is 5.05. The van der Waals surface area contributed by atoms with Crippen molar-refractivity contribution in [1.82, 2.24) is 9.80 Å². The van der Waals surface area contributed by atoms with E-state index in [1.54, 1.807) is 17.0 Å². The number of likely N-dealkylation sites (tertiary alicyclic amines) is 1. The molecular weight excluding hydrogens is 325 g/mol. The number of benzene rings is 1. The minimum atomic E-state index is -0.703. The number of carbonyl (C=O) groups excluding carboxylic acids is 2. The van der Waals surface area contributed by atoms with Gasteiger partial charge in [-0.25, -0.2) is 0 Å². The van der Waals surface area contributed by atoms with E-state index in [4.69, 9.17) is 23.2 Å². The van der Waals surface area contributed by atoms with E-state index in [1.807, 2.05) is 19.0 Å². The first kappa shape index (κ1) is 15.6. The zero-order valence-corrected chi connectivity index (χ0v) is 14.0. The molecule has 1 aromatic carbocycles. The van der Waals surface area contributed by atoms with Crippen molar-refractivity contribution in [2.24, 2.45) is 0 Å². The molecule has 2 amide bonds. The van der Waals surface area contributed by atoms with Crippen LogP contribution < -0.4 is 5.32 Å². The Bertz CT molecular complexity index is 662. The molecule has 0 aromatic heterocycles. The lowest BCUT2D eigenvalue weighted by Crippen LogP contribution is -2.41. The van der Waals surface area contributed by atoms with Crippen LogP contribution in [0, 0.1) is 0 Å². The quantitative estimate of drug-likeness (QED) is 0.894. The van der Waals surface area contributed by atoms with Crippen LogP contribution in [0.5, 0.6) is 0 Å². The number of nitrogens with one attached hydrogen (secondary N) is 1. The zero-order valence-electron chi connectivity index (χ0n) is 12.4. The summed E-state index contributed by atoms with van der Waals surface area (Å²) in [7, 11) is 3.70. The lowest BCUT2D eigenvalue weighted by atomic mass is 9.81. The van der Waals surface area contributed by atoms with Gasteiger partial charge in [-0.2, -0.15) is 0 Å². The largest absolute Gasteiger partial charge is 0.340 e. The summed E-state index contributed by atoms with van der Waals surface area (Å²) in [5.41, 5.74) is 0.833. The molecule has 1 N–H and O–H groups in total. The third kappa shape index (κ3) is 2.37. The van der Waals surface area contributed by atoms with E-state index >= 15 is 0 Å². The van der Waals surface area contributed by atoms with Crippen LogP contribution in [-0.4, -0.2) is 55.3 Å². The van der Waals surface area contributed by atoms with Crippen molar-refractivity contribution in [1.29, 1.82) is 0 Å². The molecular formula is C15H17Cl2N3O2. The van der Waals surface area contributed by atoms with Crippen LogP contribution in [0.2, 0.25) is 10.0 Å². The highest BCUT2D eigenvalue weighted by atomic mass is 35.5. The Kier molecular flexibility index (Phi) is 3.83. The number of nitrogens with zero attached hydrogens (tertiary/aromatic N) is 2. The molecule has 0 saturated carbocycles. The topological polar surface area (TPSA) is 52.7 Å². The van der Waals surface area contributed by atoms with Gasteiger partial charge in [-0.05, 0) is 38.2 Å². The first-order chi connectivity index (χ1) is 10.3. The number of anilines is 1. The summed E-state index contributed by atoms with van der Waals surface area (Å²) in [6.45, 7) is 1.29. The van der Waals surface area contributed by atoms with Crippen molar-refractivity contribution in [2.45, 2.75) is 11.8 Å². The maximum atomic E-state index is 12.5. The Morgan fingerprint density at radius 1 is 1.36 bits per heavy atom. The smallest absolute Gasteiger partial charge is 0.237 e. The molecule has 2 aliphatic heterocycles. The molecule has 1 fully saturated rings. The van der Waals surface area contributed by atoms with Crippen LogP contribution in [0.3, 0.4) is 0 Å². The predicted octanol–water partition coefficient (Wildman–Crippen LogP) is 1.98. The molecule has 2 heterocycles. The second-order valence-electron chi connectivity index (χ2n) is 6.15. The van der Waals surface area contributed by atoms with Crippen LogP contribution in [0.1, 0.15) is 12.0 Å². The summed E-state index contributed by atoms with van der Waals surface area (Å²) in [5, 5.41) is 3.71. The molecule has 118 valence electrons. The highest BCUT2D eigenvalue weighted by Crippen LogP contribution is 2.46. The Morgan fingerprint density at radius 2 is 2.05 bits per heavy atom. The molecule has 2 aliphatic rings. The van der Waals surface area contributed by atoms with Crippen molar-refractivity contribution < 1.29 is 9.59 Å². The van der Waals surface area contributed by atoms with Crippen LogP contribution in [0.25, 0.3) is 0 Å². The fraction of sp³-hybridized carbons (Fsp3) is 0.467. The number of fused-ring (bicyclic) bond motifs is 2. The van der Waals surface area contributed by atoms with Gasteiger partial charge < -0.3 is 15.1 Å². The number of hydrogen-bond acceptors (Lipinski definition) is 3. The second-order valence-corrected chi connectivity index (χ2v) is 6.97. The number of hydrogen-bond donors (Lipinski definition) is 1. The van der Waals surface area contributed by atoms with E-state index in [1.165, 1.54) is 0 Å². The van der Waals surface area contributed by atoms with E-state index in [2.05, 4.69) is 5.32 Å². The van der Waals surface area contributed by atoms with Gasteiger partial charge in [0.2, 0.25) is 11.8 Å². The number of halogens is 2. The van der Waals surface area contributed by atoms with Crippen molar-refractivity contribution in [3.05, 3.63) is 27.7 Å². The summed E-state index contributed by atoms with van der Waals surface area (Å²) >= 11 is 12.1. The van der Waals surface area contributed by atoms with Crippen molar-refractivity contribution >= 4 is 40.7 Å². The Labute approximate surface area is 139 Å². The van der Waals surface area contributed by atoms with Crippen molar-refractivity contribution in [3.8, 4) is 0 Å².